The summed E-state index contributed by atoms with van der Waals surface area (Å²) in [5, 5.41) is 2.55. The molecule has 1 N–H and O–H groups in total. The molecule has 0 fully saturated rings. The van der Waals surface area contributed by atoms with Crippen molar-refractivity contribution in [1.82, 2.24) is 9.97 Å². The van der Waals surface area contributed by atoms with Gasteiger partial charge in [0.05, 0.1) is 23.9 Å². The molecule has 1 aromatic heterocycles. The maximum atomic E-state index is 12.6. The monoisotopic (exact) mass is 387 g/mol. The molecule has 1 amide bonds. The molecule has 0 aliphatic heterocycles. The Bertz CT molecular complexity index is 985. The van der Waals surface area contributed by atoms with Gasteiger partial charge in [-0.25, -0.2) is 9.97 Å². The van der Waals surface area contributed by atoms with E-state index in [1.54, 1.807) is 38.3 Å². The second kappa shape index (κ2) is 7.67. The molecule has 5 nitrogen and oxygen atoms in total. The third kappa shape index (κ3) is 4.28. The molecule has 8 heteroatoms. The van der Waals surface area contributed by atoms with Gasteiger partial charge in [-0.15, -0.1) is 0 Å². The molecule has 0 saturated carbocycles. The average molecular weight is 387 g/mol. The maximum Gasteiger partial charge on any atom is 0.416 e. The normalized spacial score (nSPS) is 11.2. The summed E-state index contributed by atoms with van der Waals surface area (Å²) in [5.74, 6) is 0.651. The number of nitrogens with zero attached hydrogens (tertiary/aromatic N) is 2. The van der Waals surface area contributed by atoms with Gasteiger partial charge in [-0.3, -0.25) is 4.79 Å². The molecule has 2 aromatic carbocycles. The lowest BCUT2D eigenvalue weighted by Gasteiger charge is -2.10. The molecule has 0 aliphatic carbocycles. The van der Waals surface area contributed by atoms with Crippen molar-refractivity contribution >= 4 is 11.6 Å². The molecule has 0 saturated heterocycles. The van der Waals surface area contributed by atoms with E-state index < -0.39 is 17.6 Å². The number of aromatic nitrogens is 2. The van der Waals surface area contributed by atoms with E-state index in [4.69, 9.17) is 4.74 Å². The summed E-state index contributed by atoms with van der Waals surface area (Å²) in [6.07, 6.45) is -3.04. The summed E-state index contributed by atoms with van der Waals surface area (Å²) in [4.78, 5) is 21.0. The number of ether oxygens (including phenoxy) is 1. The molecule has 0 spiro atoms. The first-order valence-corrected chi connectivity index (χ1v) is 8.24. The number of nitrogens with one attached hydrogen (secondary N) is 1. The van der Waals surface area contributed by atoms with Crippen LogP contribution in [0.4, 0.5) is 18.9 Å². The van der Waals surface area contributed by atoms with Crippen molar-refractivity contribution in [2.45, 2.75) is 13.1 Å². The summed E-state index contributed by atoms with van der Waals surface area (Å²) >= 11 is 0. The van der Waals surface area contributed by atoms with E-state index in [-0.39, 0.29) is 11.3 Å². The van der Waals surface area contributed by atoms with Crippen LogP contribution >= 0.6 is 0 Å². The molecule has 1 heterocycles. The van der Waals surface area contributed by atoms with Gasteiger partial charge in [0.1, 0.15) is 5.75 Å². The van der Waals surface area contributed by atoms with Crippen LogP contribution in [-0.4, -0.2) is 23.0 Å². The third-order valence-electron chi connectivity index (χ3n) is 4.04. The highest BCUT2D eigenvalue weighted by atomic mass is 19.4. The second-order valence-corrected chi connectivity index (χ2v) is 5.95. The summed E-state index contributed by atoms with van der Waals surface area (Å²) in [5.41, 5.74) is 0.909. The van der Waals surface area contributed by atoms with Crippen LogP contribution in [0.25, 0.3) is 11.4 Å². The van der Waals surface area contributed by atoms with E-state index in [1.165, 1.54) is 18.3 Å². The molecule has 0 bridgehead atoms. The van der Waals surface area contributed by atoms with Gasteiger partial charge in [-0.05, 0) is 55.5 Å². The molecule has 28 heavy (non-hydrogen) atoms. The number of carbonyl (C=O) groups is 1. The van der Waals surface area contributed by atoms with Crippen molar-refractivity contribution in [2.75, 3.05) is 12.4 Å². The fourth-order valence-electron chi connectivity index (χ4n) is 2.51. The molecule has 0 atom stereocenters. The Morgan fingerprint density at radius 2 is 1.68 bits per heavy atom. The molecular formula is C20H16F3N3O2. The van der Waals surface area contributed by atoms with Gasteiger partial charge >= 0.3 is 6.18 Å². The van der Waals surface area contributed by atoms with E-state index in [0.717, 1.165) is 17.7 Å². The predicted molar refractivity (Wildman–Crippen MR) is 98.2 cm³/mol. The molecule has 0 radical (unpaired) electrons. The smallest absolute Gasteiger partial charge is 0.416 e. The Morgan fingerprint density at radius 1 is 1.04 bits per heavy atom. The highest BCUT2D eigenvalue weighted by Gasteiger charge is 2.30. The van der Waals surface area contributed by atoms with Gasteiger partial charge in [0, 0.05) is 17.4 Å². The Balaban J connectivity index is 1.76. The number of aryl methyl sites for hydroxylation is 1. The number of hydrogen-bond acceptors (Lipinski definition) is 4. The van der Waals surface area contributed by atoms with Crippen LogP contribution in [0.2, 0.25) is 0 Å². The van der Waals surface area contributed by atoms with Gasteiger partial charge in [0.2, 0.25) is 0 Å². The zero-order chi connectivity index (χ0) is 20.3. The molecule has 3 aromatic rings. The van der Waals surface area contributed by atoms with Crippen molar-refractivity contribution < 1.29 is 22.7 Å². The average Bonchev–Trinajstić information content (AvgIpc) is 2.67. The van der Waals surface area contributed by atoms with E-state index in [9.17, 15) is 18.0 Å². The number of carbonyl (C=O) groups excluding carboxylic acids is 1. The summed E-state index contributed by atoms with van der Waals surface area (Å²) in [7, 11) is 1.57. The molecule has 0 unspecified atom stereocenters. The first-order valence-electron chi connectivity index (χ1n) is 8.24. The quantitative estimate of drug-likeness (QED) is 0.703. The van der Waals surface area contributed by atoms with Crippen molar-refractivity contribution in [3.8, 4) is 17.1 Å². The zero-order valence-electron chi connectivity index (χ0n) is 15.0. The second-order valence-electron chi connectivity index (χ2n) is 5.95. The lowest BCUT2D eigenvalue weighted by Crippen LogP contribution is -2.15. The van der Waals surface area contributed by atoms with E-state index in [1.807, 2.05) is 0 Å². The number of amides is 1. The summed E-state index contributed by atoms with van der Waals surface area (Å²) < 4.78 is 42.9. The van der Waals surface area contributed by atoms with Crippen LogP contribution < -0.4 is 10.1 Å². The van der Waals surface area contributed by atoms with Crippen LogP contribution in [0.3, 0.4) is 0 Å². The topological polar surface area (TPSA) is 64.1 Å². The molecule has 0 aliphatic rings. The van der Waals surface area contributed by atoms with Crippen LogP contribution in [-0.2, 0) is 6.18 Å². The Labute approximate surface area is 159 Å². The molecular weight excluding hydrogens is 371 g/mol. The van der Waals surface area contributed by atoms with Crippen molar-refractivity contribution in [1.29, 1.82) is 0 Å². The molecule has 3 rings (SSSR count). The summed E-state index contributed by atoms with van der Waals surface area (Å²) in [6.45, 7) is 1.66. The van der Waals surface area contributed by atoms with E-state index >= 15 is 0 Å². The minimum atomic E-state index is -4.43. The minimum Gasteiger partial charge on any atom is -0.497 e. The van der Waals surface area contributed by atoms with Gasteiger partial charge in [-0.2, -0.15) is 13.2 Å². The minimum absolute atomic E-state index is 0.233. The largest absolute Gasteiger partial charge is 0.497 e. The molecule has 144 valence electrons. The number of anilines is 1. The number of alkyl halides is 3. The number of benzene rings is 2. The first kappa shape index (κ1) is 19.3. The Morgan fingerprint density at radius 3 is 2.21 bits per heavy atom. The van der Waals surface area contributed by atoms with Gasteiger partial charge in [0.25, 0.3) is 5.91 Å². The number of methoxy groups -OCH3 is 1. The maximum absolute atomic E-state index is 12.6. The van der Waals surface area contributed by atoms with Crippen LogP contribution in [0.5, 0.6) is 5.75 Å². The highest BCUT2D eigenvalue weighted by Crippen LogP contribution is 2.30. The lowest BCUT2D eigenvalue weighted by atomic mass is 10.1. The first-order chi connectivity index (χ1) is 13.3. The van der Waals surface area contributed by atoms with Crippen molar-refractivity contribution in [3.63, 3.8) is 0 Å². The van der Waals surface area contributed by atoms with E-state index in [2.05, 4.69) is 15.3 Å². The summed E-state index contributed by atoms with van der Waals surface area (Å²) in [6, 6.07) is 11.4. The fourth-order valence-corrected chi connectivity index (χ4v) is 2.51. The van der Waals surface area contributed by atoms with Gasteiger partial charge in [0.15, 0.2) is 5.82 Å². The lowest BCUT2D eigenvalue weighted by molar-refractivity contribution is -0.137. The predicted octanol–water partition coefficient (Wildman–Crippen LogP) is 4.73. The Hall–Kier alpha value is -3.42. The van der Waals surface area contributed by atoms with Crippen molar-refractivity contribution in [3.05, 3.63) is 71.5 Å². The van der Waals surface area contributed by atoms with Crippen LogP contribution in [0.15, 0.2) is 54.7 Å². The van der Waals surface area contributed by atoms with E-state index in [0.29, 0.717) is 17.3 Å². The SMILES string of the molecule is COc1ccc(-c2ncc(C(=O)Nc3ccc(C(F)(F)F)cc3)c(C)n2)cc1. The number of halogens is 3. The Kier molecular flexibility index (Phi) is 5.30. The number of hydrogen-bond donors (Lipinski definition) is 1. The zero-order valence-corrected chi connectivity index (χ0v) is 15.0. The highest BCUT2D eigenvalue weighted by molar-refractivity contribution is 6.04. The number of rotatable bonds is 4. The van der Waals surface area contributed by atoms with Gasteiger partial charge in [-0.1, -0.05) is 0 Å². The van der Waals surface area contributed by atoms with Crippen LogP contribution in [0.1, 0.15) is 21.6 Å². The van der Waals surface area contributed by atoms with Crippen molar-refractivity contribution in [2.24, 2.45) is 0 Å². The standard InChI is InChI=1S/C20H16F3N3O2/c1-12-17(11-24-18(25-12)13-3-9-16(28-2)10-4-13)19(27)26-15-7-5-14(6-8-15)20(21,22)23/h3-11H,1-2H3,(H,26,27). The van der Waals surface area contributed by atoms with Crippen LogP contribution in [0, 0.1) is 6.92 Å². The van der Waals surface area contributed by atoms with Gasteiger partial charge < -0.3 is 10.1 Å². The third-order valence-corrected chi connectivity index (χ3v) is 4.04. The fraction of sp³-hybridized carbons (Fsp3) is 0.150.